The van der Waals surface area contributed by atoms with Crippen LogP contribution in [0.25, 0.3) is 0 Å². The smallest absolute Gasteiger partial charge is 0.326 e. The van der Waals surface area contributed by atoms with E-state index in [4.69, 9.17) is 5.11 Å². The summed E-state index contributed by atoms with van der Waals surface area (Å²) in [5.74, 6) is -0.873. The van der Waals surface area contributed by atoms with Gasteiger partial charge in [0.1, 0.15) is 6.04 Å². The fraction of sp³-hybridized carbons (Fsp3) is 0.846. The molecule has 6 heteroatoms. The third kappa shape index (κ3) is 2.54. The molecule has 2 heterocycles. The molecule has 1 saturated carbocycles. The molecule has 1 atom stereocenters. The number of amides is 2. The van der Waals surface area contributed by atoms with Gasteiger partial charge in [-0.15, -0.1) is 0 Å². The second-order valence-corrected chi connectivity index (χ2v) is 5.73. The van der Waals surface area contributed by atoms with Crippen LogP contribution >= 0.6 is 0 Å². The van der Waals surface area contributed by atoms with Crippen molar-refractivity contribution < 1.29 is 14.7 Å². The molecule has 0 aromatic heterocycles. The van der Waals surface area contributed by atoms with Crippen molar-refractivity contribution in [2.24, 2.45) is 0 Å². The molecule has 2 aliphatic heterocycles. The van der Waals surface area contributed by atoms with Crippen molar-refractivity contribution in [1.29, 1.82) is 0 Å². The Hall–Kier alpha value is -1.30. The molecule has 3 rings (SSSR count). The van der Waals surface area contributed by atoms with Crippen LogP contribution in [0.1, 0.15) is 25.7 Å². The molecular formula is C13H21N3O3. The van der Waals surface area contributed by atoms with Crippen molar-refractivity contribution in [2.75, 3.05) is 32.7 Å². The van der Waals surface area contributed by atoms with Crippen LogP contribution in [-0.4, -0.2) is 76.6 Å². The Kier molecular flexibility index (Phi) is 3.35. The number of rotatable bonds is 2. The van der Waals surface area contributed by atoms with Crippen LogP contribution in [-0.2, 0) is 4.79 Å². The lowest BCUT2D eigenvalue weighted by Crippen LogP contribution is -2.55. The van der Waals surface area contributed by atoms with Gasteiger partial charge in [-0.3, -0.25) is 4.90 Å². The molecule has 0 unspecified atom stereocenters. The van der Waals surface area contributed by atoms with Gasteiger partial charge in [-0.2, -0.15) is 0 Å². The van der Waals surface area contributed by atoms with Crippen LogP contribution in [0.5, 0.6) is 0 Å². The Labute approximate surface area is 112 Å². The fourth-order valence-electron chi connectivity index (χ4n) is 3.15. The number of carbonyl (C=O) groups is 2. The van der Waals surface area contributed by atoms with Gasteiger partial charge in [0.25, 0.3) is 0 Å². The Bertz CT molecular complexity index is 375. The van der Waals surface area contributed by atoms with E-state index in [1.807, 2.05) is 4.90 Å². The molecule has 6 nitrogen and oxygen atoms in total. The topological polar surface area (TPSA) is 64.1 Å². The average molecular weight is 267 g/mol. The summed E-state index contributed by atoms with van der Waals surface area (Å²) in [4.78, 5) is 29.3. The summed E-state index contributed by atoms with van der Waals surface area (Å²) in [7, 11) is 0. The van der Waals surface area contributed by atoms with Crippen LogP contribution in [0.3, 0.4) is 0 Å². The minimum atomic E-state index is -0.873. The van der Waals surface area contributed by atoms with Gasteiger partial charge in [0.05, 0.1) is 0 Å². The second kappa shape index (κ2) is 5.00. The van der Waals surface area contributed by atoms with Crippen LogP contribution < -0.4 is 0 Å². The van der Waals surface area contributed by atoms with Gasteiger partial charge in [-0.25, -0.2) is 9.59 Å². The van der Waals surface area contributed by atoms with Crippen molar-refractivity contribution in [3.05, 3.63) is 0 Å². The van der Waals surface area contributed by atoms with Crippen molar-refractivity contribution in [3.63, 3.8) is 0 Å². The van der Waals surface area contributed by atoms with Gasteiger partial charge in [0.15, 0.2) is 0 Å². The first-order chi connectivity index (χ1) is 9.16. The summed E-state index contributed by atoms with van der Waals surface area (Å²) < 4.78 is 0. The summed E-state index contributed by atoms with van der Waals surface area (Å²) in [5.41, 5.74) is 0. The van der Waals surface area contributed by atoms with Gasteiger partial charge < -0.3 is 14.9 Å². The van der Waals surface area contributed by atoms with Gasteiger partial charge in [-0.1, -0.05) is 0 Å². The second-order valence-electron chi connectivity index (χ2n) is 5.73. The summed E-state index contributed by atoms with van der Waals surface area (Å²) >= 11 is 0. The van der Waals surface area contributed by atoms with Crippen LogP contribution in [0.4, 0.5) is 4.79 Å². The molecule has 106 valence electrons. The molecule has 0 aromatic rings. The van der Waals surface area contributed by atoms with Gasteiger partial charge in [-0.05, 0) is 25.7 Å². The highest BCUT2D eigenvalue weighted by Crippen LogP contribution is 2.28. The first-order valence-electron chi connectivity index (χ1n) is 7.19. The van der Waals surface area contributed by atoms with Crippen LogP contribution in [0.15, 0.2) is 0 Å². The summed E-state index contributed by atoms with van der Waals surface area (Å²) in [5, 5.41) is 9.13. The molecule has 0 aromatic carbocycles. The van der Waals surface area contributed by atoms with E-state index in [2.05, 4.69) is 4.90 Å². The molecule has 0 spiro atoms. The predicted molar refractivity (Wildman–Crippen MR) is 68.9 cm³/mol. The highest BCUT2D eigenvalue weighted by atomic mass is 16.4. The van der Waals surface area contributed by atoms with Crippen molar-refractivity contribution in [1.82, 2.24) is 14.7 Å². The maximum atomic E-state index is 12.4. The lowest BCUT2D eigenvalue weighted by Gasteiger charge is -2.37. The number of likely N-dealkylation sites (tertiary alicyclic amines) is 1. The zero-order chi connectivity index (χ0) is 13.4. The van der Waals surface area contributed by atoms with E-state index in [1.54, 1.807) is 0 Å². The van der Waals surface area contributed by atoms with E-state index in [0.29, 0.717) is 13.0 Å². The maximum absolute atomic E-state index is 12.4. The average Bonchev–Trinajstić information content (AvgIpc) is 3.14. The lowest BCUT2D eigenvalue weighted by molar-refractivity contribution is -0.141. The number of carboxylic acid groups (broad SMARTS) is 1. The van der Waals surface area contributed by atoms with Crippen molar-refractivity contribution in [2.45, 2.75) is 37.8 Å². The van der Waals surface area contributed by atoms with Crippen molar-refractivity contribution >= 4 is 12.0 Å². The Morgan fingerprint density at radius 1 is 0.947 bits per heavy atom. The number of hydrogen-bond donors (Lipinski definition) is 1. The summed E-state index contributed by atoms with van der Waals surface area (Å²) in [6.45, 7) is 3.92. The Morgan fingerprint density at radius 3 is 2.21 bits per heavy atom. The van der Waals surface area contributed by atoms with Crippen LogP contribution in [0.2, 0.25) is 0 Å². The molecule has 1 N–H and O–H groups in total. The third-order valence-electron chi connectivity index (χ3n) is 4.43. The van der Waals surface area contributed by atoms with E-state index in [1.165, 1.54) is 17.7 Å². The minimum Gasteiger partial charge on any atom is -0.480 e. The predicted octanol–water partition coefficient (Wildman–Crippen LogP) is 0.435. The minimum absolute atomic E-state index is 0.0830. The number of hydrogen-bond acceptors (Lipinski definition) is 3. The zero-order valence-electron chi connectivity index (χ0n) is 11.1. The van der Waals surface area contributed by atoms with E-state index < -0.39 is 12.0 Å². The quantitative estimate of drug-likeness (QED) is 0.788. The normalized spacial score (nSPS) is 28.7. The van der Waals surface area contributed by atoms with E-state index in [0.717, 1.165) is 38.6 Å². The molecule has 19 heavy (non-hydrogen) atoms. The molecule has 2 amide bonds. The number of nitrogens with zero attached hydrogens (tertiary/aromatic N) is 3. The molecule has 0 bridgehead atoms. The third-order valence-corrected chi connectivity index (χ3v) is 4.43. The van der Waals surface area contributed by atoms with Crippen molar-refractivity contribution in [3.8, 4) is 0 Å². The van der Waals surface area contributed by atoms with Gasteiger partial charge in [0, 0.05) is 38.8 Å². The molecule has 0 radical (unpaired) electrons. The number of carboxylic acids is 1. The standard InChI is InChI=1S/C13H21N3O3/c17-12(18)11-2-1-5-16(11)13(19)15-8-6-14(7-9-15)10-3-4-10/h10-11H,1-9H2,(H,17,18)/t11-/m0/s1. The first kappa shape index (κ1) is 12.7. The molecular weight excluding hydrogens is 246 g/mol. The van der Waals surface area contributed by atoms with Gasteiger partial charge in [0.2, 0.25) is 0 Å². The lowest BCUT2D eigenvalue weighted by atomic mass is 10.2. The number of piperazine rings is 1. The Morgan fingerprint density at radius 2 is 1.63 bits per heavy atom. The van der Waals surface area contributed by atoms with Crippen LogP contribution in [0, 0.1) is 0 Å². The van der Waals surface area contributed by atoms with E-state index in [9.17, 15) is 9.59 Å². The first-order valence-corrected chi connectivity index (χ1v) is 7.19. The molecule has 3 fully saturated rings. The molecule has 1 aliphatic carbocycles. The maximum Gasteiger partial charge on any atom is 0.326 e. The fourth-order valence-corrected chi connectivity index (χ4v) is 3.15. The number of aliphatic carboxylic acids is 1. The Balaban J connectivity index is 1.56. The van der Waals surface area contributed by atoms with E-state index in [-0.39, 0.29) is 6.03 Å². The summed E-state index contributed by atoms with van der Waals surface area (Å²) in [6, 6.07) is 0.0464. The largest absolute Gasteiger partial charge is 0.480 e. The number of carbonyl (C=O) groups excluding carboxylic acids is 1. The summed E-state index contributed by atoms with van der Waals surface area (Å²) in [6.07, 6.45) is 3.97. The van der Waals surface area contributed by atoms with E-state index >= 15 is 0 Å². The number of urea groups is 1. The highest BCUT2D eigenvalue weighted by molar-refractivity contribution is 5.83. The monoisotopic (exact) mass is 267 g/mol. The van der Waals surface area contributed by atoms with Gasteiger partial charge >= 0.3 is 12.0 Å². The molecule has 2 saturated heterocycles. The SMILES string of the molecule is O=C(O)[C@@H]1CCCN1C(=O)N1CCN(C2CC2)CC1. The highest BCUT2D eigenvalue weighted by Gasteiger charge is 2.38. The zero-order valence-corrected chi connectivity index (χ0v) is 11.1. The molecule has 3 aliphatic rings.